The molecule has 0 aromatic carbocycles. The molecule has 2 rings (SSSR count). The van der Waals surface area contributed by atoms with Gasteiger partial charge in [0.2, 0.25) is 5.28 Å². The minimum Gasteiger partial charge on any atom is -0.333 e. The van der Waals surface area contributed by atoms with E-state index in [4.69, 9.17) is 11.6 Å². The third kappa shape index (κ3) is 2.96. The fourth-order valence-corrected chi connectivity index (χ4v) is 1.87. The van der Waals surface area contributed by atoms with E-state index in [0.717, 1.165) is 0 Å². The van der Waals surface area contributed by atoms with Gasteiger partial charge in [-0.05, 0) is 40.5 Å². The van der Waals surface area contributed by atoms with E-state index >= 15 is 0 Å². The molecule has 0 aliphatic carbocycles. The van der Waals surface area contributed by atoms with Crippen LogP contribution in [0.3, 0.4) is 0 Å². The van der Waals surface area contributed by atoms with Crippen molar-refractivity contribution in [2.24, 2.45) is 0 Å². The normalized spacial score (nSPS) is 10.3. The van der Waals surface area contributed by atoms with Gasteiger partial charge in [-0.15, -0.1) is 0 Å². The maximum Gasteiger partial charge on any atom is 0.313 e. The molecule has 2 aromatic rings. The molecule has 0 bridgehead atoms. The summed E-state index contributed by atoms with van der Waals surface area (Å²) in [7, 11) is 0. The summed E-state index contributed by atoms with van der Waals surface area (Å²) >= 11 is 8.92. The molecule has 0 amide bonds. The Balaban J connectivity index is 2.46. The molecule has 0 aliphatic rings. The molecular weight excluding hydrogens is 338 g/mol. The molecule has 0 fully saturated rings. The second-order valence-electron chi connectivity index (χ2n) is 3.51. The molecule has 98 valence electrons. The standard InChI is InChI=1S/C10H7BrClN5O2/c1-5-8(17(18)19)7(2-3-13-5)15-9-6(11)4-14-10(12)16-9/h2-4H,1H3,(H,13,14,15,16). The first kappa shape index (κ1) is 13.6. The lowest BCUT2D eigenvalue weighted by Gasteiger charge is -2.08. The first-order chi connectivity index (χ1) is 8.99. The maximum absolute atomic E-state index is 11.0. The molecule has 0 aliphatic heterocycles. The Labute approximate surface area is 121 Å². The molecule has 0 atom stereocenters. The highest BCUT2D eigenvalue weighted by atomic mass is 79.9. The monoisotopic (exact) mass is 343 g/mol. The summed E-state index contributed by atoms with van der Waals surface area (Å²) in [5.41, 5.74) is 0.489. The summed E-state index contributed by atoms with van der Waals surface area (Å²) in [6, 6.07) is 1.49. The van der Waals surface area contributed by atoms with Crippen LogP contribution in [0.5, 0.6) is 0 Å². The summed E-state index contributed by atoms with van der Waals surface area (Å²) in [5, 5.41) is 13.9. The molecule has 2 aromatic heterocycles. The van der Waals surface area contributed by atoms with Crippen LogP contribution in [0.2, 0.25) is 5.28 Å². The fourth-order valence-electron chi connectivity index (χ4n) is 1.45. The van der Waals surface area contributed by atoms with Crippen LogP contribution in [0.15, 0.2) is 22.9 Å². The molecule has 19 heavy (non-hydrogen) atoms. The topological polar surface area (TPSA) is 93.8 Å². The minimum absolute atomic E-state index is 0.0409. The van der Waals surface area contributed by atoms with Crippen LogP contribution in [0, 0.1) is 17.0 Å². The SMILES string of the molecule is Cc1nccc(Nc2nc(Cl)ncc2Br)c1[N+](=O)[O-]. The highest BCUT2D eigenvalue weighted by molar-refractivity contribution is 9.10. The van der Waals surface area contributed by atoms with Crippen LogP contribution in [0.4, 0.5) is 17.2 Å². The lowest BCUT2D eigenvalue weighted by molar-refractivity contribution is -0.384. The molecule has 0 unspecified atom stereocenters. The summed E-state index contributed by atoms with van der Waals surface area (Å²) in [4.78, 5) is 22.2. The summed E-state index contributed by atoms with van der Waals surface area (Å²) in [6.45, 7) is 1.56. The second kappa shape index (κ2) is 5.45. The van der Waals surface area contributed by atoms with E-state index in [0.29, 0.717) is 16.0 Å². The van der Waals surface area contributed by atoms with Gasteiger partial charge in [0.25, 0.3) is 0 Å². The van der Waals surface area contributed by atoms with Gasteiger partial charge in [-0.25, -0.2) is 4.98 Å². The van der Waals surface area contributed by atoms with Gasteiger partial charge in [-0.2, -0.15) is 4.98 Å². The van der Waals surface area contributed by atoms with E-state index in [-0.39, 0.29) is 16.7 Å². The molecule has 7 nitrogen and oxygen atoms in total. The van der Waals surface area contributed by atoms with Crippen LogP contribution >= 0.6 is 27.5 Å². The largest absolute Gasteiger partial charge is 0.333 e. The predicted molar refractivity (Wildman–Crippen MR) is 73.7 cm³/mol. The number of rotatable bonds is 3. The van der Waals surface area contributed by atoms with Crippen molar-refractivity contribution < 1.29 is 4.92 Å². The average molecular weight is 345 g/mol. The first-order valence-corrected chi connectivity index (χ1v) is 6.21. The van der Waals surface area contributed by atoms with Gasteiger partial charge >= 0.3 is 5.69 Å². The van der Waals surface area contributed by atoms with E-state index in [1.54, 1.807) is 6.92 Å². The number of hydrogen-bond donors (Lipinski definition) is 1. The second-order valence-corrected chi connectivity index (χ2v) is 4.70. The minimum atomic E-state index is -0.499. The Bertz CT molecular complexity index is 652. The smallest absolute Gasteiger partial charge is 0.313 e. The van der Waals surface area contributed by atoms with E-state index in [9.17, 15) is 10.1 Å². The third-order valence-electron chi connectivity index (χ3n) is 2.26. The number of halogens is 2. The van der Waals surface area contributed by atoms with Gasteiger partial charge in [0.15, 0.2) is 0 Å². The van der Waals surface area contributed by atoms with Crippen molar-refractivity contribution in [2.75, 3.05) is 5.32 Å². The van der Waals surface area contributed by atoms with Crippen molar-refractivity contribution in [1.82, 2.24) is 15.0 Å². The first-order valence-electron chi connectivity index (χ1n) is 5.04. The van der Waals surface area contributed by atoms with Gasteiger partial charge in [-0.1, -0.05) is 0 Å². The predicted octanol–water partition coefficient (Wildman–Crippen LogP) is 3.25. The lowest BCUT2D eigenvalue weighted by atomic mass is 10.2. The van der Waals surface area contributed by atoms with Crippen molar-refractivity contribution in [3.8, 4) is 0 Å². The van der Waals surface area contributed by atoms with Gasteiger partial charge in [0.1, 0.15) is 17.2 Å². The van der Waals surface area contributed by atoms with Crippen LogP contribution in [-0.2, 0) is 0 Å². The van der Waals surface area contributed by atoms with Crippen molar-refractivity contribution in [3.05, 3.63) is 44.0 Å². The number of pyridine rings is 1. The molecule has 2 heterocycles. The fraction of sp³-hybridized carbons (Fsp3) is 0.100. The Kier molecular flexibility index (Phi) is 3.91. The molecule has 0 saturated carbocycles. The van der Waals surface area contributed by atoms with E-state index in [1.807, 2.05) is 0 Å². The van der Waals surface area contributed by atoms with Crippen molar-refractivity contribution in [1.29, 1.82) is 0 Å². The molecule has 0 radical (unpaired) electrons. The number of nitrogens with one attached hydrogen (secondary N) is 1. The van der Waals surface area contributed by atoms with Gasteiger partial charge in [-0.3, -0.25) is 15.1 Å². The Hall–Kier alpha value is -1.80. The number of nitrogens with zero attached hydrogens (tertiary/aromatic N) is 4. The van der Waals surface area contributed by atoms with E-state index in [2.05, 4.69) is 36.2 Å². The summed E-state index contributed by atoms with van der Waals surface area (Å²) < 4.78 is 0.542. The van der Waals surface area contributed by atoms with Crippen LogP contribution in [0.1, 0.15) is 5.69 Å². The zero-order valence-corrected chi connectivity index (χ0v) is 11.9. The number of hydrogen-bond acceptors (Lipinski definition) is 6. The zero-order valence-electron chi connectivity index (χ0n) is 9.59. The van der Waals surface area contributed by atoms with E-state index < -0.39 is 4.92 Å². The lowest BCUT2D eigenvalue weighted by Crippen LogP contribution is -2.02. The molecule has 0 saturated heterocycles. The van der Waals surface area contributed by atoms with Gasteiger partial charge in [0.05, 0.1) is 9.40 Å². The number of nitro groups is 1. The average Bonchev–Trinajstić information content (AvgIpc) is 2.33. The van der Waals surface area contributed by atoms with Crippen molar-refractivity contribution >= 4 is 44.7 Å². The summed E-state index contributed by atoms with van der Waals surface area (Å²) in [5.74, 6) is 0.341. The van der Waals surface area contributed by atoms with Crippen molar-refractivity contribution in [2.45, 2.75) is 6.92 Å². The number of anilines is 2. The molecule has 9 heteroatoms. The quantitative estimate of drug-likeness (QED) is 0.522. The maximum atomic E-state index is 11.0. The summed E-state index contributed by atoms with van der Waals surface area (Å²) in [6.07, 6.45) is 2.93. The Morgan fingerprint density at radius 3 is 2.89 bits per heavy atom. The highest BCUT2D eigenvalue weighted by Gasteiger charge is 2.19. The molecule has 1 N–H and O–H groups in total. The Morgan fingerprint density at radius 1 is 1.47 bits per heavy atom. The third-order valence-corrected chi connectivity index (χ3v) is 3.02. The number of aromatic nitrogens is 3. The molecular formula is C10H7BrClN5O2. The van der Waals surface area contributed by atoms with Gasteiger partial charge < -0.3 is 5.32 Å². The van der Waals surface area contributed by atoms with Crippen LogP contribution < -0.4 is 5.32 Å². The Morgan fingerprint density at radius 2 is 2.21 bits per heavy atom. The van der Waals surface area contributed by atoms with Crippen LogP contribution in [-0.4, -0.2) is 19.9 Å². The number of aryl methyl sites for hydroxylation is 1. The van der Waals surface area contributed by atoms with Gasteiger partial charge in [0, 0.05) is 12.4 Å². The van der Waals surface area contributed by atoms with Crippen LogP contribution in [0.25, 0.3) is 0 Å². The zero-order chi connectivity index (χ0) is 14.0. The molecule has 0 spiro atoms. The van der Waals surface area contributed by atoms with Crippen molar-refractivity contribution in [3.63, 3.8) is 0 Å². The van der Waals surface area contributed by atoms with E-state index in [1.165, 1.54) is 18.5 Å². The highest BCUT2D eigenvalue weighted by Crippen LogP contribution is 2.31.